The van der Waals surface area contributed by atoms with Gasteiger partial charge in [0.1, 0.15) is 5.84 Å². The van der Waals surface area contributed by atoms with E-state index in [9.17, 15) is 0 Å². The Morgan fingerprint density at radius 3 is 2.96 bits per heavy atom. The van der Waals surface area contributed by atoms with Gasteiger partial charge < -0.3 is 11.5 Å². The molecule has 0 saturated heterocycles. The third kappa shape index (κ3) is 3.56. The number of hydrogen-bond acceptors (Lipinski definition) is 7. The molecule has 0 aliphatic heterocycles. The monoisotopic (exact) mass is 359 g/mol. The van der Waals surface area contributed by atoms with Crippen molar-refractivity contribution in [2.75, 3.05) is 0 Å². The SMILES string of the molecule is C/C(N)=C/C(N)=Nc1cnc2nnn(Cc3ccc4ncccc4c3)c2n1. The lowest BCUT2D eigenvalue weighted by molar-refractivity contribution is 0.664. The van der Waals surface area contributed by atoms with Crippen LogP contribution in [0.4, 0.5) is 5.82 Å². The normalized spacial score (nSPS) is 12.8. The van der Waals surface area contributed by atoms with Gasteiger partial charge in [0.25, 0.3) is 0 Å². The molecule has 0 amide bonds. The number of allylic oxidation sites excluding steroid dienone is 1. The van der Waals surface area contributed by atoms with Gasteiger partial charge in [-0.2, -0.15) is 0 Å². The van der Waals surface area contributed by atoms with Gasteiger partial charge in [0.15, 0.2) is 11.5 Å². The maximum atomic E-state index is 5.82. The lowest BCUT2D eigenvalue weighted by Gasteiger charge is -2.04. The number of rotatable bonds is 4. The van der Waals surface area contributed by atoms with E-state index in [1.807, 2.05) is 24.3 Å². The molecule has 0 fully saturated rings. The van der Waals surface area contributed by atoms with Crippen LogP contribution < -0.4 is 11.5 Å². The van der Waals surface area contributed by atoms with Crippen LogP contribution in [0.15, 0.2) is 59.5 Å². The van der Waals surface area contributed by atoms with Crippen LogP contribution in [0.1, 0.15) is 12.5 Å². The number of nitrogens with zero attached hydrogens (tertiary/aromatic N) is 7. The Kier molecular flexibility index (Phi) is 4.17. The molecule has 3 heterocycles. The van der Waals surface area contributed by atoms with Crippen LogP contribution in [0.2, 0.25) is 0 Å². The maximum absolute atomic E-state index is 5.82. The molecule has 0 unspecified atom stereocenters. The van der Waals surface area contributed by atoms with Crippen molar-refractivity contribution >= 4 is 33.9 Å². The minimum atomic E-state index is 0.254. The molecule has 0 bridgehead atoms. The summed E-state index contributed by atoms with van der Waals surface area (Å²) >= 11 is 0. The van der Waals surface area contributed by atoms with Crippen LogP contribution in [-0.4, -0.2) is 35.8 Å². The highest BCUT2D eigenvalue weighted by molar-refractivity contribution is 5.93. The van der Waals surface area contributed by atoms with Gasteiger partial charge in [-0.1, -0.05) is 17.3 Å². The van der Waals surface area contributed by atoms with E-state index in [1.54, 1.807) is 23.9 Å². The molecule has 0 saturated carbocycles. The first-order chi connectivity index (χ1) is 13.1. The van der Waals surface area contributed by atoms with Gasteiger partial charge in [0, 0.05) is 17.3 Å². The summed E-state index contributed by atoms with van der Waals surface area (Å²) in [6, 6.07) is 9.98. The van der Waals surface area contributed by atoms with E-state index in [4.69, 9.17) is 11.5 Å². The highest BCUT2D eigenvalue weighted by Gasteiger charge is 2.10. The van der Waals surface area contributed by atoms with E-state index < -0.39 is 0 Å². The van der Waals surface area contributed by atoms with E-state index in [0.29, 0.717) is 29.4 Å². The summed E-state index contributed by atoms with van der Waals surface area (Å²) in [4.78, 5) is 17.2. The minimum Gasteiger partial charge on any atom is -0.402 e. The molecule has 134 valence electrons. The van der Waals surface area contributed by atoms with Gasteiger partial charge in [-0.3, -0.25) is 4.98 Å². The second kappa shape index (κ2) is 6.79. The van der Waals surface area contributed by atoms with Gasteiger partial charge in [-0.15, -0.1) is 5.10 Å². The fraction of sp³-hybridized carbons (Fsp3) is 0.111. The van der Waals surface area contributed by atoms with E-state index in [1.165, 1.54) is 6.20 Å². The molecule has 0 atom stereocenters. The average molecular weight is 359 g/mol. The van der Waals surface area contributed by atoms with Crippen molar-refractivity contribution in [2.45, 2.75) is 13.5 Å². The van der Waals surface area contributed by atoms with Gasteiger partial charge in [-0.25, -0.2) is 19.6 Å². The summed E-state index contributed by atoms with van der Waals surface area (Å²) in [6.45, 7) is 2.23. The first kappa shape index (κ1) is 16.6. The molecule has 9 heteroatoms. The summed E-state index contributed by atoms with van der Waals surface area (Å²) in [5, 5.41) is 9.28. The van der Waals surface area contributed by atoms with Crippen LogP contribution in [0, 0.1) is 0 Å². The summed E-state index contributed by atoms with van der Waals surface area (Å²) in [5.74, 6) is 0.619. The second-order valence-corrected chi connectivity index (χ2v) is 6.08. The number of hydrogen-bond donors (Lipinski definition) is 2. The maximum Gasteiger partial charge on any atom is 0.221 e. The predicted octanol–water partition coefficient (Wildman–Crippen LogP) is 1.67. The summed E-state index contributed by atoms with van der Waals surface area (Å²) < 4.78 is 1.68. The van der Waals surface area contributed by atoms with Crippen LogP contribution in [-0.2, 0) is 6.54 Å². The van der Waals surface area contributed by atoms with E-state index in [-0.39, 0.29) is 5.84 Å². The van der Waals surface area contributed by atoms with Crippen LogP contribution >= 0.6 is 0 Å². The standard InChI is InChI=1S/C18H17N9/c1-11(19)7-15(20)23-16-9-22-17-18(24-16)27(26-25-17)10-12-4-5-14-13(8-12)3-2-6-21-14/h2-9H,10,19H2,1H3,(H2,20,23,24)/b11-7-. The van der Waals surface area contributed by atoms with Crippen molar-refractivity contribution in [1.82, 2.24) is 29.9 Å². The molecule has 0 spiro atoms. The molecular formula is C18H17N9. The smallest absolute Gasteiger partial charge is 0.221 e. The molecule has 4 aromatic rings. The Morgan fingerprint density at radius 1 is 1.22 bits per heavy atom. The molecule has 4 N–H and O–H groups in total. The Hall–Kier alpha value is -3.88. The summed E-state index contributed by atoms with van der Waals surface area (Å²) in [6.07, 6.45) is 4.83. The molecule has 0 aliphatic carbocycles. The van der Waals surface area contributed by atoms with Crippen molar-refractivity contribution < 1.29 is 0 Å². The highest BCUT2D eigenvalue weighted by atomic mass is 15.5. The quantitative estimate of drug-likeness (QED) is 0.418. The number of nitrogens with two attached hydrogens (primary N) is 2. The van der Waals surface area contributed by atoms with Gasteiger partial charge >= 0.3 is 0 Å². The Bertz CT molecular complexity index is 1190. The largest absolute Gasteiger partial charge is 0.402 e. The number of amidine groups is 1. The lowest BCUT2D eigenvalue weighted by Crippen LogP contribution is -2.10. The van der Waals surface area contributed by atoms with Crippen LogP contribution in [0.5, 0.6) is 0 Å². The third-order valence-corrected chi connectivity index (χ3v) is 3.83. The molecule has 27 heavy (non-hydrogen) atoms. The topological polar surface area (TPSA) is 134 Å². The molecule has 1 aromatic carbocycles. The Labute approximate surface area is 154 Å². The number of pyridine rings is 1. The fourth-order valence-electron chi connectivity index (χ4n) is 2.70. The van der Waals surface area contributed by atoms with E-state index >= 15 is 0 Å². The third-order valence-electron chi connectivity index (χ3n) is 3.83. The van der Waals surface area contributed by atoms with Crippen molar-refractivity contribution in [3.8, 4) is 0 Å². The van der Waals surface area contributed by atoms with E-state index in [0.717, 1.165) is 16.5 Å². The van der Waals surface area contributed by atoms with Crippen molar-refractivity contribution in [2.24, 2.45) is 16.5 Å². The number of fused-ring (bicyclic) bond motifs is 2. The molecule has 3 aromatic heterocycles. The molecular weight excluding hydrogens is 342 g/mol. The number of aliphatic imine (C=N–C) groups is 1. The van der Waals surface area contributed by atoms with Crippen molar-refractivity contribution in [3.05, 3.63) is 60.1 Å². The zero-order valence-corrected chi connectivity index (χ0v) is 14.6. The first-order valence-electron chi connectivity index (χ1n) is 8.26. The number of benzene rings is 1. The molecule has 0 radical (unpaired) electrons. The van der Waals surface area contributed by atoms with Crippen LogP contribution in [0.3, 0.4) is 0 Å². The lowest BCUT2D eigenvalue weighted by atomic mass is 10.1. The first-order valence-corrected chi connectivity index (χ1v) is 8.26. The van der Waals surface area contributed by atoms with Gasteiger partial charge in [0.2, 0.25) is 5.65 Å². The van der Waals surface area contributed by atoms with Crippen molar-refractivity contribution in [3.63, 3.8) is 0 Å². The Morgan fingerprint density at radius 2 is 2.11 bits per heavy atom. The zero-order valence-electron chi connectivity index (χ0n) is 14.6. The molecule has 0 aliphatic rings. The van der Waals surface area contributed by atoms with Crippen LogP contribution in [0.25, 0.3) is 22.2 Å². The summed E-state index contributed by atoms with van der Waals surface area (Å²) in [5.41, 5.74) is 15.0. The molecule has 9 nitrogen and oxygen atoms in total. The number of aromatic nitrogens is 6. The van der Waals surface area contributed by atoms with Gasteiger partial charge in [-0.05, 0) is 36.8 Å². The van der Waals surface area contributed by atoms with E-state index in [2.05, 4.69) is 36.3 Å². The average Bonchev–Trinajstić information content (AvgIpc) is 3.03. The van der Waals surface area contributed by atoms with Crippen molar-refractivity contribution in [1.29, 1.82) is 0 Å². The minimum absolute atomic E-state index is 0.254. The summed E-state index contributed by atoms with van der Waals surface area (Å²) in [7, 11) is 0. The zero-order chi connectivity index (χ0) is 18.8. The fourth-order valence-corrected chi connectivity index (χ4v) is 2.70. The van der Waals surface area contributed by atoms with Gasteiger partial charge in [0.05, 0.1) is 18.3 Å². The highest BCUT2D eigenvalue weighted by Crippen LogP contribution is 2.17. The molecule has 4 rings (SSSR count). The Balaban J connectivity index is 1.69. The predicted molar refractivity (Wildman–Crippen MR) is 103 cm³/mol. The second-order valence-electron chi connectivity index (χ2n) is 6.08.